The lowest BCUT2D eigenvalue weighted by Crippen LogP contribution is -2.39. The van der Waals surface area contributed by atoms with Gasteiger partial charge in [0.05, 0.1) is 36.1 Å². The van der Waals surface area contributed by atoms with E-state index in [9.17, 15) is 14.4 Å². The van der Waals surface area contributed by atoms with Gasteiger partial charge in [-0.2, -0.15) is 0 Å². The van der Waals surface area contributed by atoms with Gasteiger partial charge in [-0.1, -0.05) is 59.9 Å². The van der Waals surface area contributed by atoms with Crippen molar-refractivity contribution < 1.29 is 28.5 Å². The first kappa shape index (κ1) is 28.6. The molecule has 0 bridgehead atoms. The Balaban J connectivity index is 1.54. The Morgan fingerprint density at radius 1 is 1.00 bits per heavy atom. The molecule has 214 valence electrons. The van der Waals surface area contributed by atoms with Crippen LogP contribution < -0.4 is 29.1 Å². The highest BCUT2D eigenvalue weighted by Gasteiger charge is 2.33. The number of nitrogens with zero attached hydrogens (tertiary/aromatic N) is 2. The topological polar surface area (TPSA) is 105 Å². The second-order valence-corrected chi connectivity index (χ2v) is 10.4. The Morgan fingerprint density at radius 2 is 1.74 bits per heavy atom. The predicted molar refractivity (Wildman–Crippen MR) is 157 cm³/mol. The zero-order valence-corrected chi connectivity index (χ0v) is 24.3. The lowest BCUT2D eigenvalue weighted by atomic mass is 9.95. The second-order valence-electron chi connectivity index (χ2n) is 9.42. The van der Waals surface area contributed by atoms with E-state index in [0.29, 0.717) is 33.0 Å². The Labute approximate surface area is 245 Å². The first-order chi connectivity index (χ1) is 20.3. The SMILES string of the molecule is COC(=O)C1=C(C)N=c2s/c(=C\c3ccc(OCc4ccccc4)cc3)c(=O)n2C1c1ccc(OC(C)=O)c(OC)c1. The summed E-state index contributed by atoms with van der Waals surface area (Å²) >= 11 is 1.22. The van der Waals surface area contributed by atoms with Crippen LogP contribution in [0, 0.1) is 0 Å². The van der Waals surface area contributed by atoms with Crippen molar-refractivity contribution in [2.45, 2.75) is 26.5 Å². The van der Waals surface area contributed by atoms with Crippen LogP contribution in [0.3, 0.4) is 0 Å². The van der Waals surface area contributed by atoms with Crippen molar-refractivity contribution in [2.75, 3.05) is 14.2 Å². The molecule has 1 aliphatic rings. The third-order valence-corrected chi connectivity index (χ3v) is 7.59. The molecule has 4 aromatic rings. The van der Waals surface area contributed by atoms with Crippen LogP contribution in [0.4, 0.5) is 0 Å². The lowest BCUT2D eigenvalue weighted by Gasteiger charge is -2.25. The van der Waals surface area contributed by atoms with E-state index in [0.717, 1.165) is 11.1 Å². The first-order valence-electron chi connectivity index (χ1n) is 13.0. The van der Waals surface area contributed by atoms with E-state index in [2.05, 4.69) is 4.99 Å². The summed E-state index contributed by atoms with van der Waals surface area (Å²) < 4.78 is 23.6. The first-order valence-corrected chi connectivity index (χ1v) is 13.8. The molecule has 1 unspecified atom stereocenters. The van der Waals surface area contributed by atoms with Gasteiger partial charge in [0.2, 0.25) is 0 Å². The third kappa shape index (κ3) is 5.89. The number of fused-ring (bicyclic) bond motifs is 1. The maximum atomic E-state index is 13.8. The van der Waals surface area contributed by atoms with Crippen LogP contribution in [-0.2, 0) is 20.9 Å². The fourth-order valence-corrected chi connectivity index (χ4v) is 5.70. The Kier molecular flexibility index (Phi) is 8.35. The van der Waals surface area contributed by atoms with Gasteiger partial charge in [-0.05, 0) is 54.0 Å². The molecule has 0 amide bonds. The smallest absolute Gasteiger partial charge is 0.338 e. The molecule has 1 atom stereocenters. The maximum Gasteiger partial charge on any atom is 0.338 e. The molecular weight excluding hydrogens is 556 g/mol. The largest absolute Gasteiger partial charge is 0.493 e. The van der Waals surface area contributed by atoms with Gasteiger partial charge in [0, 0.05) is 6.92 Å². The normalized spacial score (nSPS) is 14.6. The minimum absolute atomic E-state index is 0.220. The van der Waals surface area contributed by atoms with Crippen molar-refractivity contribution in [1.82, 2.24) is 4.57 Å². The number of methoxy groups -OCH3 is 2. The number of thiazole rings is 1. The van der Waals surface area contributed by atoms with E-state index in [1.54, 1.807) is 31.2 Å². The van der Waals surface area contributed by atoms with Gasteiger partial charge in [-0.25, -0.2) is 9.79 Å². The average Bonchev–Trinajstić information content (AvgIpc) is 3.30. The van der Waals surface area contributed by atoms with E-state index in [4.69, 9.17) is 18.9 Å². The zero-order valence-electron chi connectivity index (χ0n) is 23.5. The van der Waals surface area contributed by atoms with Crippen molar-refractivity contribution in [3.8, 4) is 17.2 Å². The summed E-state index contributed by atoms with van der Waals surface area (Å²) in [7, 11) is 2.72. The van der Waals surface area contributed by atoms with Crippen LogP contribution in [0.5, 0.6) is 17.2 Å². The highest BCUT2D eigenvalue weighted by molar-refractivity contribution is 7.07. The molecule has 5 rings (SSSR count). The number of ether oxygens (including phenoxy) is 4. The number of allylic oxidation sites excluding steroid dienone is 1. The highest BCUT2D eigenvalue weighted by atomic mass is 32.1. The fraction of sp³-hybridized carbons (Fsp3) is 0.188. The molecule has 0 radical (unpaired) electrons. The molecule has 9 nitrogen and oxygen atoms in total. The summed E-state index contributed by atoms with van der Waals surface area (Å²) in [4.78, 5) is 43.4. The third-order valence-electron chi connectivity index (χ3n) is 6.61. The van der Waals surface area contributed by atoms with E-state index in [-0.39, 0.29) is 22.6 Å². The van der Waals surface area contributed by atoms with Crippen LogP contribution in [0.1, 0.15) is 36.6 Å². The molecule has 0 saturated heterocycles. The molecule has 1 aliphatic heterocycles. The molecule has 2 heterocycles. The van der Waals surface area contributed by atoms with E-state index >= 15 is 0 Å². The number of esters is 2. The van der Waals surface area contributed by atoms with Crippen molar-refractivity contribution in [3.63, 3.8) is 0 Å². The summed E-state index contributed by atoms with van der Waals surface area (Å²) in [5.74, 6) is 0.0957. The summed E-state index contributed by atoms with van der Waals surface area (Å²) in [5.41, 5.74) is 2.77. The molecule has 0 spiro atoms. The Bertz CT molecular complexity index is 1860. The van der Waals surface area contributed by atoms with Crippen LogP contribution in [0.25, 0.3) is 6.08 Å². The fourth-order valence-electron chi connectivity index (χ4n) is 4.65. The summed E-state index contributed by atoms with van der Waals surface area (Å²) in [6, 6.07) is 21.4. The summed E-state index contributed by atoms with van der Waals surface area (Å²) in [6.45, 7) is 3.44. The zero-order chi connectivity index (χ0) is 29.8. The quantitative estimate of drug-likeness (QED) is 0.228. The van der Waals surface area contributed by atoms with Crippen LogP contribution in [0.15, 0.2) is 93.9 Å². The Morgan fingerprint density at radius 3 is 2.40 bits per heavy atom. The van der Waals surface area contributed by atoms with E-state index in [1.807, 2.05) is 54.6 Å². The van der Waals surface area contributed by atoms with Crippen molar-refractivity contribution in [1.29, 1.82) is 0 Å². The van der Waals surface area contributed by atoms with Gasteiger partial charge in [0.1, 0.15) is 12.4 Å². The monoisotopic (exact) mass is 584 g/mol. The molecule has 0 fully saturated rings. The number of hydrogen-bond acceptors (Lipinski definition) is 9. The molecule has 0 N–H and O–H groups in total. The van der Waals surface area contributed by atoms with E-state index < -0.39 is 18.0 Å². The van der Waals surface area contributed by atoms with Gasteiger partial charge in [-0.3, -0.25) is 14.2 Å². The summed E-state index contributed by atoms with van der Waals surface area (Å²) in [5, 5.41) is 0. The molecule has 10 heteroatoms. The second kappa shape index (κ2) is 12.3. The standard InChI is InChI=1S/C32H28N2O7S/c1-19-28(31(37)39-4)29(23-12-15-25(41-20(2)35)26(17-23)38-3)34-30(36)27(42-32(34)33-19)16-21-10-13-24(14-11-21)40-18-22-8-6-5-7-9-22/h5-17,29H,18H2,1-4H3/b27-16-. The van der Waals surface area contributed by atoms with Crippen LogP contribution in [-0.4, -0.2) is 30.7 Å². The number of rotatable bonds is 8. The number of benzene rings is 3. The number of hydrogen-bond donors (Lipinski definition) is 0. The number of aromatic nitrogens is 1. The van der Waals surface area contributed by atoms with Crippen LogP contribution >= 0.6 is 11.3 Å². The molecule has 3 aromatic carbocycles. The number of carbonyl (C=O) groups excluding carboxylic acids is 2. The van der Waals surface area contributed by atoms with Gasteiger partial charge < -0.3 is 18.9 Å². The minimum Gasteiger partial charge on any atom is -0.493 e. The minimum atomic E-state index is -0.843. The van der Waals surface area contributed by atoms with Gasteiger partial charge in [-0.15, -0.1) is 0 Å². The molecule has 0 saturated carbocycles. The lowest BCUT2D eigenvalue weighted by molar-refractivity contribution is -0.136. The summed E-state index contributed by atoms with van der Waals surface area (Å²) in [6.07, 6.45) is 1.78. The van der Waals surface area contributed by atoms with Crippen molar-refractivity contribution in [3.05, 3.63) is 120 Å². The van der Waals surface area contributed by atoms with Crippen molar-refractivity contribution in [2.24, 2.45) is 4.99 Å². The van der Waals surface area contributed by atoms with Crippen molar-refractivity contribution >= 4 is 29.4 Å². The average molecular weight is 585 g/mol. The molecular formula is C32H28N2O7S. The Hall–Kier alpha value is -4.96. The number of carbonyl (C=O) groups is 2. The maximum absolute atomic E-state index is 13.8. The van der Waals surface area contributed by atoms with Gasteiger partial charge >= 0.3 is 11.9 Å². The van der Waals surface area contributed by atoms with E-state index in [1.165, 1.54) is 37.0 Å². The highest BCUT2D eigenvalue weighted by Crippen LogP contribution is 2.36. The van der Waals surface area contributed by atoms with Crippen LogP contribution in [0.2, 0.25) is 0 Å². The molecule has 42 heavy (non-hydrogen) atoms. The van der Waals surface area contributed by atoms with Gasteiger partial charge in [0.15, 0.2) is 16.3 Å². The molecule has 0 aliphatic carbocycles. The predicted octanol–water partition coefficient (Wildman–Crippen LogP) is 3.92. The molecule has 1 aromatic heterocycles. The van der Waals surface area contributed by atoms with Gasteiger partial charge in [0.25, 0.3) is 5.56 Å².